The van der Waals surface area contributed by atoms with E-state index >= 15 is 0 Å². The van der Waals surface area contributed by atoms with Crippen LogP contribution in [0.1, 0.15) is 18.9 Å². The molecule has 0 saturated carbocycles. The van der Waals surface area contributed by atoms with E-state index in [0.717, 1.165) is 29.1 Å². The molecule has 0 N–H and O–H groups in total. The lowest BCUT2D eigenvalue weighted by Crippen LogP contribution is -1.98. The topological polar surface area (TPSA) is 21.6 Å². The molecule has 0 fully saturated rings. The maximum absolute atomic E-state index is 6.13. The van der Waals surface area contributed by atoms with Gasteiger partial charge in [0.05, 0.1) is 17.8 Å². The molecule has 0 heterocycles. The molecule has 2 aromatic carbocycles. The molecule has 98 valence electrons. The highest BCUT2D eigenvalue weighted by molar-refractivity contribution is 6.33. The van der Waals surface area contributed by atoms with Crippen molar-refractivity contribution < 1.29 is 4.74 Å². The number of para-hydroxylation sites is 1. The van der Waals surface area contributed by atoms with Gasteiger partial charge in [-0.25, -0.2) is 0 Å². The van der Waals surface area contributed by atoms with Gasteiger partial charge < -0.3 is 4.74 Å². The van der Waals surface area contributed by atoms with Crippen LogP contribution in [0.15, 0.2) is 53.5 Å². The molecule has 0 aliphatic heterocycles. The summed E-state index contributed by atoms with van der Waals surface area (Å²) in [6, 6.07) is 15.5. The van der Waals surface area contributed by atoms with E-state index in [2.05, 4.69) is 11.9 Å². The van der Waals surface area contributed by atoms with Crippen LogP contribution in [0.5, 0.6) is 5.75 Å². The van der Waals surface area contributed by atoms with Crippen molar-refractivity contribution in [3.8, 4) is 5.75 Å². The molecule has 2 aromatic rings. The van der Waals surface area contributed by atoms with Crippen LogP contribution in [0.25, 0.3) is 0 Å². The normalized spacial score (nSPS) is 11.4. The van der Waals surface area contributed by atoms with E-state index in [0.29, 0.717) is 5.02 Å². The Hall–Kier alpha value is -1.80. The lowest BCUT2D eigenvalue weighted by atomic mass is 10.1. The SMILES string of the molecule is CCC(=Nc1ccccc1Cl)c1ccc(OC)cc1. The third-order valence-corrected chi connectivity index (χ3v) is 3.19. The third kappa shape index (κ3) is 3.36. The maximum Gasteiger partial charge on any atom is 0.118 e. The number of benzene rings is 2. The molecule has 0 aliphatic rings. The molecule has 19 heavy (non-hydrogen) atoms. The number of hydrogen-bond donors (Lipinski definition) is 0. The molecule has 0 saturated heterocycles. The Balaban J connectivity index is 2.36. The molecule has 2 nitrogen and oxygen atoms in total. The number of hydrogen-bond acceptors (Lipinski definition) is 2. The fourth-order valence-electron chi connectivity index (χ4n) is 1.82. The van der Waals surface area contributed by atoms with Crippen LogP contribution >= 0.6 is 11.6 Å². The summed E-state index contributed by atoms with van der Waals surface area (Å²) in [5.41, 5.74) is 2.90. The summed E-state index contributed by atoms with van der Waals surface area (Å²) < 4.78 is 5.16. The Morgan fingerprint density at radius 1 is 1.11 bits per heavy atom. The predicted molar refractivity (Wildman–Crippen MR) is 80.9 cm³/mol. The van der Waals surface area contributed by atoms with E-state index < -0.39 is 0 Å². The van der Waals surface area contributed by atoms with Crippen LogP contribution in [0.2, 0.25) is 5.02 Å². The Morgan fingerprint density at radius 2 is 1.79 bits per heavy atom. The number of nitrogens with zero attached hydrogens (tertiary/aromatic N) is 1. The Labute approximate surface area is 118 Å². The van der Waals surface area contributed by atoms with Gasteiger partial charge >= 0.3 is 0 Å². The largest absolute Gasteiger partial charge is 0.497 e. The van der Waals surface area contributed by atoms with Gasteiger partial charge in [0.1, 0.15) is 5.75 Å². The van der Waals surface area contributed by atoms with E-state index in [-0.39, 0.29) is 0 Å². The fraction of sp³-hybridized carbons (Fsp3) is 0.188. The molecule has 0 amide bonds. The van der Waals surface area contributed by atoms with Gasteiger partial charge in [0, 0.05) is 5.71 Å². The Morgan fingerprint density at radius 3 is 2.37 bits per heavy atom. The van der Waals surface area contributed by atoms with Gasteiger partial charge in [-0.15, -0.1) is 0 Å². The standard InChI is InChI=1S/C16H16ClNO/c1-3-15(12-8-10-13(19-2)11-9-12)18-16-7-5-4-6-14(16)17/h4-11H,3H2,1-2H3. The Kier molecular flexibility index (Phi) is 4.58. The maximum atomic E-state index is 6.13. The summed E-state index contributed by atoms with van der Waals surface area (Å²) in [4.78, 5) is 4.65. The predicted octanol–water partition coefficient (Wildman–Crippen LogP) is 4.88. The third-order valence-electron chi connectivity index (χ3n) is 2.87. The van der Waals surface area contributed by atoms with Gasteiger partial charge in [-0.2, -0.15) is 0 Å². The van der Waals surface area contributed by atoms with E-state index in [9.17, 15) is 0 Å². The number of halogens is 1. The molecule has 0 atom stereocenters. The number of methoxy groups -OCH3 is 1. The second kappa shape index (κ2) is 6.39. The lowest BCUT2D eigenvalue weighted by molar-refractivity contribution is 0.415. The van der Waals surface area contributed by atoms with Gasteiger partial charge in [-0.1, -0.05) is 30.7 Å². The highest BCUT2D eigenvalue weighted by Crippen LogP contribution is 2.25. The summed E-state index contributed by atoms with van der Waals surface area (Å²) in [6.07, 6.45) is 0.845. The van der Waals surface area contributed by atoms with Crippen LogP contribution in [-0.2, 0) is 0 Å². The highest BCUT2D eigenvalue weighted by atomic mass is 35.5. The number of rotatable bonds is 4. The van der Waals surface area contributed by atoms with Crippen LogP contribution in [-0.4, -0.2) is 12.8 Å². The summed E-state index contributed by atoms with van der Waals surface area (Å²) in [7, 11) is 1.66. The number of ether oxygens (including phenoxy) is 1. The van der Waals surface area contributed by atoms with Gasteiger partial charge in [0.25, 0.3) is 0 Å². The van der Waals surface area contributed by atoms with Crippen LogP contribution in [0.3, 0.4) is 0 Å². The average Bonchev–Trinajstić information content (AvgIpc) is 2.47. The van der Waals surface area contributed by atoms with Gasteiger partial charge in [0.15, 0.2) is 0 Å². The summed E-state index contributed by atoms with van der Waals surface area (Å²) in [6.45, 7) is 2.08. The zero-order chi connectivity index (χ0) is 13.7. The van der Waals surface area contributed by atoms with E-state index in [1.165, 1.54) is 0 Å². The first-order chi connectivity index (χ1) is 9.24. The van der Waals surface area contributed by atoms with E-state index in [1.807, 2.05) is 48.5 Å². The molecule has 0 bridgehead atoms. The summed E-state index contributed by atoms with van der Waals surface area (Å²) in [5, 5.41) is 0.668. The fourth-order valence-corrected chi connectivity index (χ4v) is 2.00. The van der Waals surface area contributed by atoms with Crippen molar-refractivity contribution in [2.24, 2.45) is 4.99 Å². The molecule has 2 rings (SSSR count). The van der Waals surface area contributed by atoms with Crippen molar-refractivity contribution in [1.82, 2.24) is 0 Å². The smallest absolute Gasteiger partial charge is 0.118 e. The molecular formula is C16H16ClNO. The number of aliphatic imine (C=N–C) groups is 1. The quantitative estimate of drug-likeness (QED) is 0.728. The van der Waals surface area contributed by atoms with Crippen molar-refractivity contribution in [2.75, 3.05) is 7.11 Å². The first kappa shape index (κ1) is 13.6. The molecule has 0 unspecified atom stereocenters. The molecule has 0 aromatic heterocycles. The van der Waals surface area contributed by atoms with Crippen molar-refractivity contribution in [2.45, 2.75) is 13.3 Å². The minimum atomic E-state index is 0.668. The second-order valence-corrected chi connectivity index (χ2v) is 4.50. The highest BCUT2D eigenvalue weighted by Gasteiger charge is 2.04. The summed E-state index contributed by atoms with van der Waals surface area (Å²) >= 11 is 6.13. The molecule has 0 aliphatic carbocycles. The first-order valence-corrected chi connectivity index (χ1v) is 6.59. The second-order valence-electron chi connectivity index (χ2n) is 4.09. The van der Waals surface area contributed by atoms with E-state index in [1.54, 1.807) is 7.11 Å². The van der Waals surface area contributed by atoms with Crippen LogP contribution < -0.4 is 4.74 Å². The van der Waals surface area contributed by atoms with Crippen molar-refractivity contribution in [3.63, 3.8) is 0 Å². The molecule has 0 spiro atoms. The zero-order valence-electron chi connectivity index (χ0n) is 11.1. The van der Waals surface area contributed by atoms with Crippen LogP contribution in [0.4, 0.5) is 5.69 Å². The van der Waals surface area contributed by atoms with Crippen LogP contribution in [0, 0.1) is 0 Å². The lowest BCUT2D eigenvalue weighted by Gasteiger charge is -2.06. The van der Waals surface area contributed by atoms with Gasteiger partial charge in [0.2, 0.25) is 0 Å². The van der Waals surface area contributed by atoms with Crippen molar-refractivity contribution in [3.05, 3.63) is 59.1 Å². The minimum absolute atomic E-state index is 0.668. The van der Waals surface area contributed by atoms with Gasteiger partial charge in [-0.05, 0) is 48.4 Å². The zero-order valence-corrected chi connectivity index (χ0v) is 11.8. The van der Waals surface area contributed by atoms with E-state index in [4.69, 9.17) is 16.3 Å². The van der Waals surface area contributed by atoms with Crippen molar-refractivity contribution >= 4 is 23.0 Å². The monoisotopic (exact) mass is 273 g/mol. The first-order valence-electron chi connectivity index (χ1n) is 6.21. The van der Waals surface area contributed by atoms with Gasteiger partial charge in [-0.3, -0.25) is 4.99 Å². The summed E-state index contributed by atoms with van der Waals surface area (Å²) in [5.74, 6) is 0.844. The Bertz CT molecular complexity index is 576. The average molecular weight is 274 g/mol. The molecule has 3 heteroatoms. The molecular weight excluding hydrogens is 258 g/mol. The van der Waals surface area contributed by atoms with Crippen molar-refractivity contribution in [1.29, 1.82) is 0 Å². The minimum Gasteiger partial charge on any atom is -0.497 e. The molecule has 0 radical (unpaired) electrons.